The van der Waals surface area contributed by atoms with Crippen LogP contribution in [0.4, 0.5) is 0 Å². The fourth-order valence-corrected chi connectivity index (χ4v) is 4.65. The third-order valence-corrected chi connectivity index (χ3v) is 5.54. The van der Waals surface area contributed by atoms with Crippen LogP contribution in [0.5, 0.6) is 0 Å². The zero-order valence-corrected chi connectivity index (χ0v) is 10.8. The molecule has 1 fully saturated rings. The lowest BCUT2D eigenvalue weighted by atomic mass is 9.91. The highest BCUT2D eigenvalue weighted by molar-refractivity contribution is 5.65. The zero-order valence-electron chi connectivity index (χ0n) is 10.8. The highest BCUT2D eigenvalue weighted by atomic mass is 14.7. The Bertz CT molecular complexity index is 695. The van der Waals surface area contributed by atoms with Gasteiger partial charge in [-0.3, -0.25) is 0 Å². The second-order valence-corrected chi connectivity index (χ2v) is 6.30. The molecule has 0 saturated heterocycles. The van der Waals surface area contributed by atoms with Gasteiger partial charge in [0.1, 0.15) is 0 Å². The van der Waals surface area contributed by atoms with Gasteiger partial charge in [-0.05, 0) is 65.0 Å². The molecule has 0 heterocycles. The van der Waals surface area contributed by atoms with Gasteiger partial charge in [0.05, 0.1) is 0 Å². The van der Waals surface area contributed by atoms with Crippen molar-refractivity contribution in [2.24, 2.45) is 5.92 Å². The first-order valence-corrected chi connectivity index (χ1v) is 6.97. The van der Waals surface area contributed by atoms with E-state index in [1.165, 1.54) is 11.1 Å². The minimum Gasteiger partial charge on any atom is -0.0620 e. The number of benzene rings is 2. The van der Waals surface area contributed by atoms with Crippen molar-refractivity contribution in [1.82, 2.24) is 0 Å². The Balaban J connectivity index is 1.81. The molecule has 0 spiro atoms. The van der Waals surface area contributed by atoms with Crippen LogP contribution >= 0.6 is 0 Å². The van der Waals surface area contributed by atoms with Gasteiger partial charge in [-0.15, -0.1) is 0 Å². The van der Waals surface area contributed by atoms with Crippen LogP contribution in [0, 0.1) is 19.8 Å². The summed E-state index contributed by atoms with van der Waals surface area (Å²) in [6.07, 6.45) is 0. The molecule has 18 heavy (non-hydrogen) atoms. The average Bonchev–Trinajstić information content (AvgIpc) is 2.92. The largest absolute Gasteiger partial charge is 0.0620 e. The Morgan fingerprint density at radius 3 is 2.11 bits per heavy atom. The fraction of sp³-hybridized carbons (Fsp3) is 0.333. The fourth-order valence-electron chi connectivity index (χ4n) is 4.65. The van der Waals surface area contributed by atoms with Gasteiger partial charge in [0.15, 0.2) is 0 Å². The Morgan fingerprint density at radius 2 is 1.33 bits per heavy atom. The first-order valence-electron chi connectivity index (χ1n) is 6.97. The van der Waals surface area contributed by atoms with E-state index in [9.17, 15) is 0 Å². The molecule has 3 aliphatic rings. The van der Waals surface area contributed by atoms with E-state index >= 15 is 0 Å². The number of aryl methyl sites for hydroxylation is 2. The molecule has 3 aliphatic carbocycles. The molecule has 0 amide bonds. The van der Waals surface area contributed by atoms with Crippen LogP contribution < -0.4 is 0 Å². The standard InChI is InChI=1S/C18H16/c1-9-7-13-14(8-10(9)2)17-16-12-6-4-3-5-11(12)15(13)18(16)17/h3-8,15-18H,1-2H3/t15-,16-,17+,18-/m0/s1. The first-order chi connectivity index (χ1) is 8.77. The molecule has 0 heteroatoms. The summed E-state index contributed by atoms with van der Waals surface area (Å²) in [5, 5.41) is 0. The minimum absolute atomic E-state index is 0.713. The summed E-state index contributed by atoms with van der Waals surface area (Å²) in [6, 6.07) is 14.1. The lowest BCUT2D eigenvalue weighted by Gasteiger charge is -2.13. The molecule has 0 bridgehead atoms. The normalized spacial score (nSPS) is 33.0. The Kier molecular flexibility index (Phi) is 1.41. The van der Waals surface area contributed by atoms with Gasteiger partial charge < -0.3 is 0 Å². The van der Waals surface area contributed by atoms with Crippen molar-refractivity contribution in [3.05, 3.63) is 69.8 Å². The Labute approximate surface area is 108 Å². The van der Waals surface area contributed by atoms with E-state index in [0.717, 1.165) is 17.8 Å². The maximum absolute atomic E-state index is 2.47. The van der Waals surface area contributed by atoms with Crippen LogP contribution in [0.25, 0.3) is 0 Å². The first kappa shape index (κ1) is 9.38. The lowest BCUT2D eigenvalue weighted by Crippen LogP contribution is -1.98. The van der Waals surface area contributed by atoms with E-state index < -0.39 is 0 Å². The highest BCUT2D eigenvalue weighted by Gasteiger charge is 2.66. The number of fused-ring (bicyclic) bond motifs is 7. The van der Waals surface area contributed by atoms with Gasteiger partial charge in [0.2, 0.25) is 0 Å². The van der Waals surface area contributed by atoms with Crippen LogP contribution in [0.1, 0.15) is 51.1 Å². The molecule has 0 unspecified atom stereocenters. The smallest absolute Gasteiger partial charge is 0.0135 e. The second kappa shape index (κ2) is 2.71. The van der Waals surface area contributed by atoms with E-state index in [2.05, 4.69) is 50.2 Å². The van der Waals surface area contributed by atoms with E-state index in [1.807, 2.05) is 0 Å². The van der Waals surface area contributed by atoms with Crippen LogP contribution in [0.2, 0.25) is 0 Å². The zero-order chi connectivity index (χ0) is 12.0. The number of hydrogen-bond acceptors (Lipinski definition) is 0. The van der Waals surface area contributed by atoms with Crippen molar-refractivity contribution in [1.29, 1.82) is 0 Å². The predicted molar refractivity (Wildman–Crippen MR) is 73.2 cm³/mol. The van der Waals surface area contributed by atoms with Crippen LogP contribution in [-0.4, -0.2) is 0 Å². The van der Waals surface area contributed by atoms with E-state index in [0.29, 0.717) is 5.92 Å². The third kappa shape index (κ3) is 0.849. The molecule has 1 saturated carbocycles. The topological polar surface area (TPSA) is 0 Å². The SMILES string of the molecule is Cc1cc2c(cc1C)[C@@H]1[C@@H]3c4ccccc4[C@@H]2[C@H]13. The predicted octanol–water partition coefficient (Wildman–Crippen LogP) is 4.26. The molecule has 0 radical (unpaired) electrons. The molecule has 88 valence electrons. The van der Waals surface area contributed by atoms with Crippen molar-refractivity contribution in [2.45, 2.75) is 31.6 Å². The molecule has 4 atom stereocenters. The summed E-state index contributed by atoms with van der Waals surface area (Å²) in [6.45, 7) is 4.50. The minimum atomic E-state index is 0.713. The van der Waals surface area contributed by atoms with Gasteiger partial charge in [-0.2, -0.15) is 0 Å². The Hall–Kier alpha value is -1.56. The molecular formula is C18H16. The van der Waals surface area contributed by atoms with E-state index in [4.69, 9.17) is 0 Å². The average molecular weight is 232 g/mol. The maximum Gasteiger partial charge on any atom is 0.0135 e. The van der Waals surface area contributed by atoms with Gasteiger partial charge in [0, 0.05) is 5.92 Å². The van der Waals surface area contributed by atoms with Gasteiger partial charge in [-0.1, -0.05) is 36.4 Å². The molecule has 2 aromatic rings. The summed E-state index contributed by atoms with van der Waals surface area (Å²) in [7, 11) is 0. The summed E-state index contributed by atoms with van der Waals surface area (Å²) in [5.41, 5.74) is 9.47. The molecular weight excluding hydrogens is 216 g/mol. The summed E-state index contributed by atoms with van der Waals surface area (Å²) in [4.78, 5) is 0. The van der Waals surface area contributed by atoms with E-state index in [1.54, 1.807) is 22.3 Å². The van der Waals surface area contributed by atoms with Gasteiger partial charge >= 0.3 is 0 Å². The molecule has 2 aromatic carbocycles. The Morgan fingerprint density at radius 1 is 0.722 bits per heavy atom. The van der Waals surface area contributed by atoms with Crippen molar-refractivity contribution >= 4 is 0 Å². The lowest BCUT2D eigenvalue weighted by molar-refractivity contribution is 0.750. The van der Waals surface area contributed by atoms with Crippen LogP contribution in [0.3, 0.4) is 0 Å². The molecule has 0 aliphatic heterocycles. The molecule has 0 nitrogen and oxygen atoms in total. The van der Waals surface area contributed by atoms with Crippen molar-refractivity contribution < 1.29 is 0 Å². The van der Waals surface area contributed by atoms with Crippen molar-refractivity contribution in [3.8, 4) is 0 Å². The summed E-state index contributed by atoms with van der Waals surface area (Å²) < 4.78 is 0. The second-order valence-electron chi connectivity index (χ2n) is 6.30. The monoisotopic (exact) mass is 232 g/mol. The van der Waals surface area contributed by atoms with Crippen LogP contribution in [0.15, 0.2) is 36.4 Å². The van der Waals surface area contributed by atoms with E-state index in [-0.39, 0.29) is 0 Å². The number of hydrogen-bond donors (Lipinski definition) is 0. The van der Waals surface area contributed by atoms with Crippen LogP contribution in [-0.2, 0) is 0 Å². The van der Waals surface area contributed by atoms with Crippen molar-refractivity contribution in [3.63, 3.8) is 0 Å². The molecule has 0 aromatic heterocycles. The van der Waals surface area contributed by atoms with Gasteiger partial charge in [0.25, 0.3) is 0 Å². The quantitative estimate of drug-likeness (QED) is 0.636. The van der Waals surface area contributed by atoms with Crippen molar-refractivity contribution in [2.75, 3.05) is 0 Å². The third-order valence-electron chi connectivity index (χ3n) is 5.54. The summed E-state index contributed by atoms with van der Waals surface area (Å²) in [5.74, 6) is 3.31. The molecule has 0 N–H and O–H groups in total. The molecule has 5 rings (SSSR count). The van der Waals surface area contributed by atoms with Gasteiger partial charge in [-0.25, -0.2) is 0 Å². The number of rotatable bonds is 0. The maximum atomic E-state index is 2.47. The summed E-state index contributed by atoms with van der Waals surface area (Å²) >= 11 is 0. The highest BCUT2D eigenvalue weighted by Crippen LogP contribution is 2.77.